The minimum Gasteiger partial charge on any atom is -0.359 e. The zero-order valence-corrected chi connectivity index (χ0v) is 41.9. The molecule has 344 valence electrons. The van der Waals surface area contributed by atoms with Crippen LogP contribution in [-0.2, 0) is 38.4 Å². The molecule has 0 saturated heterocycles. The van der Waals surface area contributed by atoms with Crippen LogP contribution in [0.2, 0.25) is 0 Å². The molecule has 60 heavy (non-hydrogen) atoms. The standard InChI is InChI=1S/C20H30N2O4.C20H29NO4.2CH3IS.CH5N.CH4/c1-21-18(24)7-5-3-2-4-6-17(23)16-10-8-15(9-11-16)14-22-19(25)12-13-20(22)26;1-15(22)6-4-2-3-5-7-18(23)17-10-8-16(9-11-17)14-21-19(24)12-13-20(21)25;2*1-3-2;1-2;/h12-13,15-16H,2-11,14H2,1H3,(H,21,24);12-13,16-17H,2-11,14H2,1H3;2*1H3;2H2,1H3;1H4. The van der Waals surface area contributed by atoms with E-state index in [-0.39, 0.29) is 54.6 Å². The van der Waals surface area contributed by atoms with Gasteiger partial charge in [-0.2, -0.15) is 0 Å². The Hall–Kier alpha value is -1.64. The van der Waals surface area contributed by atoms with E-state index in [1.807, 2.05) is 12.5 Å². The van der Waals surface area contributed by atoms with Gasteiger partial charge in [0.2, 0.25) is 5.91 Å². The first-order valence-electron chi connectivity index (χ1n) is 21.0. The van der Waals surface area contributed by atoms with Gasteiger partial charge in [-0.15, -0.1) is 0 Å². The van der Waals surface area contributed by atoms with Crippen LogP contribution >= 0.6 is 60.3 Å². The van der Waals surface area contributed by atoms with Crippen molar-refractivity contribution in [2.75, 3.05) is 39.7 Å². The number of unbranched alkanes of at least 4 members (excludes halogenated alkanes) is 6. The molecule has 4 aliphatic rings. The lowest BCUT2D eigenvalue weighted by atomic mass is 9.79. The zero-order chi connectivity index (χ0) is 44.6. The molecule has 2 saturated carbocycles. The van der Waals surface area contributed by atoms with Crippen LogP contribution in [0.4, 0.5) is 0 Å². The average molecular weight is 1110 g/mol. The summed E-state index contributed by atoms with van der Waals surface area (Å²) in [6, 6.07) is 0. The maximum absolute atomic E-state index is 12.3. The van der Waals surface area contributed by atoms with Gasteiger partial charge in [0.25, 0.3) is 23.6 Å². The van der Waals surface area contributed by atoms with Gasteiger partial charge in [-0.3, -0.25) is 43.4 Å². The number of nitrogens with zero attached hydrogens (tertiary/aromatic N) is 2. The number of nitrogens with one attached hydrogen (secondary N) is 1. The summed E-state index contributed by atoms with van der Waals surface area (Å²) >= 11 is 4.41. The maximum atomic E-state index is 12.3. The van der Waals surface area contributed by atoms with Crippen molar-refractivity contribution in [3.63, 3.8) is 0 Å². The van der Waals surface area contributed by atoms with Crippen LogP contribution in [0.15, 0.2) is 24.3 Å². The smallest absolute Gasteiger partial charge is 0.253 e. The van der Waals surface area contributed by atoms with Crippen molar-refractivity contribution >= 4 is 107 Å². The molecule has 12 nitrogen and oxygen atoms in total. The van der Waals surface area contributed by atoms with Crippen molar-refractivity contribution in [1.29, 1.82) is 0 Å². The lowest BCUT2D eigenvalue weighted by molar-refractivity contribution is -0.139. The molecular weight excluding hydrogens is 1030 g/mol. The number of halogens is 2. The highest BCUT2D eigenvalue weighted by Crippen LogP contribution is 2.33. The Balaban J connectivity index is 0. The van der Waals surface area contributed by atoms with Gasteiger partial charge in [0.1, 0.15) is 17.3 Å². The van der Waals surface area contributed by atoms with Crippen molar-refractivity contribution in [3.05, 3.63) is 24.3 Å². The molecule has 2 heterocycles. The molecule has 2 aliphatic heterocycles. The van der Waals surface area contributed by atoms with Gasteiger partial charge in [0.15, 0.2) is 0 Å². The normalized spacial score (nSPS) is 20.3. The first-order valence-corrected chi connectivity index (χ1v) is 28.5. The first kappa shape index (κ1) is 60.4. The van der Waals surface area contributed by atoms with Crippen LogP contribution in [0, 0.1) is 23.7 Å². The highest BCUT2D eigenvalue weighted by molar-refractivity contribution is 14.2. The molecule has 3 N–H and O–H groups in total. The van der Waals surface area contributed by atoms with Crippen LogP contribution in [0.5, 0.6) is 0 Å². The monoisotopic (exact) mass is 1100 g/mol. The summed E-state index contributed by atoms with van der Waals surface area (Å²) < 4.78 is 0. The summed E-state index contributed by atoms with van der Waals surface area (Å²) in [4.78, 5) is 95.7. The van der Waals surface area contributed by atoms with E-state index in [2.05, 4.69) is 53.5 Å². The number of rotatable bonds is 20. The average Bonchev–Trinajstić information content (AvgIpc) is 3.72. The molecule has 0 aromatic carbocycles. The van der Waals surface area contributed by atoms with E-state index >= 15 is 0 Å². The van der Waals surface area contributed by atoms with Crippen molar-refractivity contribution in [2.45, 2.75) is 143 Å². The van der Waals surface area contributed by atoms with Crippen LogP contribution in [-0.4, -0.2) is 96.4 Å². The Morgan fingerprint density at radius 3 is 1.15 bits per heavy atom. The van der Waals surface area contributed by atoms with Crippen LogP contribution < -0.4 is 11.1 Å². The summed E-state index contributed by atoms with van der Waals surface area (Å²) in [5.41, 5.74) is 4.50. The minimum atomic E-state index is -0.218. The third-order valence-corrected chi connectivity index (χ3v) is 10.8. The predicted molar refractivity (Wildman–Crippen MR) is 265 cm³/mol. The predicted octanol–water partition coefficient (Wildman–Crippen LogP) is 9.20. The van der Waals surface area contributed by atoms with E-state index in [4.69, 9.17) is 0 Å². The topological polar surface area (TPSA) is 181 Å². The molecule has 0 spiro atoms. The van der Waals surface area contributed by atoms with Gasteiger partial charge >= 0.3 is 0 Å². The molecule has 16 heteroatoms. The van der Waals surface area contributed by atoms with Crippen LogP contribution in [0.1, 0.15) is 143 Å². The summed E-state index contributed by atoms with van der Waals surface area (Å²) in [6.07, 6.45) is 26.6. The number of imide groups is 2. The van der Waals surface area contributed by atoms with E-state index in [1.165, 1.54) is 41.2 Å². The molecule has 5 amide bonds. The molecule has 0 aromatic heterocycles. The van der Waals surface area contributed by atoms with Crippen LogP contribution in [0.3, 0.4) is 0 Å². The number of hydrogen-bond donors (Lipinski definition) is 2. The number of nitrogens with two attached hydrogens (primary N) is 1. The lowest BCUT2D eigenvalue weighted by Crippen LogP contribution is -2.36. The van der Waals surface area contributed by atoms with E-state index < -0.39 is 0 Å². The highest BCUT2D eigenvalue weighted by atomic mass is 127. The summed E-state index contributed by atoms with van der Waals surface area (Å²) in [6.45, 7) is 2.59. The molecule has 2 fully saturated rings. The largest absolute Gasteiger partial charge is 0.359 e. The van der Waals surface area contributed by atoms with E-state index in [0.29, 0.717) is 62.2 Å². The van der Waals surface area contributed by atoms with Gasteiger partial charge in [-0.1, -0.05) is 51.0 Å². The van der Waals surface area contributed by atoms with Crippen molar-refractivity contribution in [2.24, 2.45) is 29.4 Å². The minimum absolute atomic E-state index is 0. The van der Waals surface area contributed by atoms with Gasteiger partial charge in [-0.05, 0) is 158 Å². The zero-order valence-electron chi connectivity index (χ0n) is 36.0. The SMILES string of the molecule is C.CC(=O)CCCCCCC(=O)C1CCC(CN2C(=O)C=CC2=O)CC1.CN.CNC(=O)CCCCCCC(=O)C1CCC(CN2C(=O)C=CC2=O)CC1.CSI.CSI. The summed E-state index contributed by atoms with van der Waals surface area (Å²) in [7, 11) is 6.59. The highest BCUT2D eigenvalue weighted by Gasteiger charge is 2.32. The Morgan fingerprint density at radius 2 is 0.867 bits per heavy atom. The molecular formula is C44H74I2N4O8S2. The summed E-state index contributed by atoms with van der Waals surface area (Å²) in [5.74, 6) is 1.09. The van der Waals surface area contributed by atoms with Gasteiger partial charge in [-0.25, -0.2) is 0 Å². The molecule has 0 radical (unpaired) electrons. The second kappa shape index (κ2) is 37.9. The summed E-state index contributed by atoms with van der Waals surface area (Å²) in [5, 5.41) is 2.61. The Morgan fingerprint density at radius 1 is 0.583 bits per heavy atom. The molecule has 4 rings (SSSR count). The molecule has 0 bridgehead atoms. The second-order valence-electron chi connectivity index (χ2n) is 15.1. The van der Waals surface area contributed by atoms with Gasteiger partial charge in [0.05, 0.1) is 0 Å². The molecule has 0 aromatic rings. The van der Waals surface area contributed by atoms with Gasteiger partial charge < -0.3 is 15.8 Å². The number of hydrogen-bond acceptors (Lipinski definition) is 11. The Labute approximate surface area is 393 Å². The third-order valence-electron chi connectivity index (χ3n) is 10.8. The van der Waals surface area contributed by atoms with E-state index in [9.17, 15) is 38.4 Å². The molecule has 2 aliphatic carbocycles. The fourth-order valence-corrected chi connectivity index (χ4v) is 7.57. The Kier molecular flexibility index (Phi) is 38.2. The fourth-order valence-electron chi connectivity index (χ4n) is 7.57. The second-order valence-corrected chi connectivity index (χ2v) is 21.0. The van der Waals surface area contributed by atoms with Crippen molar-refractivity contribution in [3.8, 4) is 0 Å². The number of Topliss-reactive ketones (excluding diaryl/α,β-unsaturated/α-hetero) is 3. The molecule has 0 atom stereocenters. The number of carbonyl (C=O) groups is 8. The van der Waals surface area contributed by atoms with E-state index in [1.54, 1.807) is 31.8 Å². The molecule has 0 unspecified atom stereocenters. The first-order chi connectivity index (χ1) is 28.3. The fraction of sp³-hybridized carbons (Fsp3) is 0.727. The number of carbonyl (C=O) groups excluding carboxylic acids is 8. The van der Waals surface area contributed by atoms with Gasteiger partial charge in [0, 0.05) is 82.0 Å². The quantitative estimate of drug-likeness (QED) is 0.0674. The Bertz CT molecular complexity index is 1330. The number of ketones is 3. The van der Waals surface area contributed by atoms with Crippen molar-refractivity contribution in [1.82, 2.24) is 15.1 Å². The lowest BCUT2D eigenvalue weighted by Gasteiger charge is -2.30. The van der Waals surface area contributed by atoms with E-state index in [0.717, 1.165) is 103 Å². The van der Waals surface area contributed by atoms with Crippen molar-refractivity contribution < 1.29 is 38.4 Å². The number of amides is 5. The van der Waals surface area contributed by atoms with Crippen LogP contribution in [0.25, 0.3) is 0 Å². The third kappa shape index (κ3) is 26.7. The maximum Gasteiger partial charge on any atom is 0.253 e.